The second kappa shape index (κ2) is 4.61. The Bertz CT molecular complexity index is 347. The topological polar surface area (TPSA) is 37.3 Å². The van der Waals surface area contributed by atoms with Crippen molar-refractivity contribution >= 4 is 12.0 Å². The molecule has 1 aromatic rings. The Morgan fingerprint density at radius 2 is 1.93 bits per heavy atom. The van der Waals surface area contributed by atoms with E-state index in [2.05, 4.69) is 6.92 Å². The van der Waals surface area contributed by atoms with Crippen molar-refractivity contribution in [1.82, 2.24) is 0 Å². The number of carbonyl (C=O) groups is 1. The van der Waals surface area contributed by atoms with Gasteiger partial charge in [0, 0.05) is 5.57 Å². The van der Waals surface area contributed by atoms with Gasteiger partial charge < -0.3 is 5.11 Å². The molecule has 0 fully saturated rings. The number of carboxylic acids is 1. The van der Waals surface area contributed by atoms with E-state index in [1.165, 1.54) is 5.56 Å². The SMILES string of the molecule is CCc1ccc(/C=C(\C)C(=O)O)cc1. The highest BCUT2D eigenvalue weighted by Crippen LogP contribution is 2.09. The van der Waals surface area contributed by atoms with Gasteiger partial charge in [-0.15, -0.1) is 0 Å². The number of rotatable bonds is 3. The molecule has 0 unspecified atom stereocenters. The Kier molecular flexibility index (Phi) is 3.46. The number of aryl methyl sites for hydroxylation is 1. The maximum atomic E-state index is 10.6. The minimum atomic E-state index is -0.871. The summed E-state index contributed by atoms with van der Waals surface area (Å²) in [6, 6.07) is 7.90. The Balaban J connectivity index is 2.88. The zero-order valence-corrected chi connectivity index (χ0v) is 8.45. The van der Waals surface area contributed by atoms with Crippen molar-refractivity contribution in [2.24, 2.45) is 0 Å². The molecule has 2 nitrogen and oxygen atoms in total. The van der Waals surface area contributed by atoms with Crippen LogP contribution in [0.1, 0.15) is 25.0 Å². The quantitative estimate of drug-likeness (QED) is 0.744. The summed E-state index contributed by atoms with van der Waals surface area (Å²) in [7, 11) is 0. The number of hydrogen-bond donors (Lipinski definition) is 1. The Morgan fingerprint density at radius 1 is 1.36 bits per heavy atom. The summed E-state index contributed by atoms with van der Waals surface area (Å²) in [5.41, 5.74) is 2.55. The van der Waals surface area contributed by atoms with Gasteiger partial charge in [0.2, 0.25) is 0 Å². The van der Waals surface area contributed by atoms with Gasteiger partial charge in [-0.1, -0.05) is 31.2 Å². The van der Waals surface area contributed by atoms with E-state index in [1.54, 1.807) is 13.0 Å². The number of carboxylic acid groups (broad SMARTS) is 1. The van der Waals surface area contributed by atoms with Crippen molar-refractivity contribution < 1.29 is 9.90 Å². The van der Waals surface area contributed by atoms with Crippen molar-refractivity contribution in [3.63, 3.8) is 0 Å². The van der Waals surface area contributed by atoms with Crippen molar-refractivity contribution in [3.05, 3.63) is 41.0 Å². The summed E-state index contributed by atoms with van der Waals surface area (Å²) in [6.45, 7) is 3.68. The smallest absolute Gasteiger partial charge is 0.331 e. The lowest BCUT2D eigenvalue weighted by molar-refractivity contribution is -0.132. The van der Waals surface area contributed by atoms with Gasteiger partial charge >= 0.3 is 5.97 Å². The fraction of sp³-hybridized carbons (Fsp3) is 0.250. The molecule has 0 saturated heterocycles. The van der Waals surface area contributed by atoms with E-state index in [0.29, 0.717) is 5.57 Å². The van der Waals surface area contributed by atoms with Crippen LogP contribution >= 0.6 is 0 Å². The van der Waals surface area contributed by atoms with Crippen molar-refractivity contribution in [1.29, 1.82) is 0 Å². The lowest BCUT2D eigenvalue weighted by Gasteiger charge is -1.98. The molecule has 0 bridgehead atoms. The maximum absolute atomic E-state index is 10.6. The predicted octanol–water partition coefficient (Wildman–Crippen LogP) is 2.74. The highest BCUT2D eigenvalue weighted by molar-refractivity contribution is 5.91. The third kappa shape index (κ3) is 2.73. The first-order valence-electron chi connectivity index (χ1n) is 4.64. The summed E-state index contributed by atoms with van der Waals surface area (Å²) in [5.74, 6) is -0.871. The average molecular weight is 190 g/mol. The second-order valence-corrected chi connectivity index (χ2v) is 3.23. The van der Waals surface area contributed by atoms with E-state index in [-0.39, 0.29) is 0 Å². The third-order valence-corrected chi connectivity index (χ3v) is 2.11. The molecule has 0 atom stereocenters. The molecule has 1 aromatic carbocycles. The first-order chi connectivity index (χ1) is 6.63. The maximum Gasteiger partial charge on any atom is 0.331 e. The summed E-state index contributed by atoms with van der Waals surface area (Å²) in [4.78, 5) is 10.6. The zero-order chi connectivity index (χ0) is 10.6. The van der Waals surface area contributed by atoms with Crippen molar-refractivity contribution in [2.75, 3.05) is 0 Å². The lowest BCUT2D eigenvalue weighted by atomic mass is 10.1. The molecule has 0 heterocycles. The van der Waals surface area contributed by atoms with Crippen LogP contribution in [-0.4, -0.2) is 11.1 Å². The van der Waals surface area contributed by atoms with Crippen LogP contribution in [-0.2, 0) is 11.2 Å². The fourth-order valence-electron chi connectivity index (χ4n) is 1.16. The highest BCUT2D eigenvalue weighted by Gasteiger charge is 1.99. The van der Waals surface area contributed by atoms with Gasteiger partial charge in [0.25, 0.3) is 0 Å². The first-order valence-corrected chi connectivity index (χ1v) is 4.64. The molecule has 0 aliphatic rings. The van der Waals surface area contributed by atoms with Crippen LogP contribution in [0.4, 0.5) is 0 Å². The monoisotopic (exact) mass is 190 g/mol. The second-order valence-electron chi connectivity index (χ2n) is 3.23. The largest absolute Gasteiger partial charge is 0.478 e. The van der Waals surface area contributed by atoms with E-state index in [0.717, 1.165) is 12.0 Å². The van der Waals surface area contributed by atoms with Crippen molar-refractivity contribution in [3.8, 4) is 0 Å². The molecule has 14 heavy (non-hydrogen) atoms. The van der Waals surface area contributed by atoms with Gasteiger partial charge in [-0.2, -0.15) is 0 Å². The van der Waals surface area contributed by atoms with E-state index in [9.17, 15) is 4.79 Å². The molecule has 0 amide bonds. The average Bonchev–Trinajstić information content (AvgIpc) is 2.19. The molecule has 0 aliphatic carbocycles. The van der Waals surface area contributed by atoms with E-state index in [1.807, 2.05) is 24.3 Å². The molecular weight excluding hydrogens is 176 g/mol. The first kappa shape index (κ1) is 10.5. The van der Waals surface area contributed by atoms with Crippen LogP contribution in [0.2, 0.25) is 0 Å². The number of aliphatic carboxylic acids is 1. The lowest BCUT2D eigenvalue weighted by Crippen LogP contribution is -1.95. The molecule has 0 spiro atoms. The van der Waals surface area contributed by atoms with Gasteiger partial charge in [-0.3, -0.25) is 0 Å². The number of hydrogen-bond acceptors (Lipinski definition) is 1. The van der Waals surface area contributed by atoms with Gasteiger partial charge in [0.1, 0.15) is 0 Å². The molecule has 1 rings (SSSR count). The molecular formula is C12H14O2. The summed E-state index contributed by atoms with van der Waals surface area (Å²) < 4.78 is 0. The molecule has 1 N–H and O–H groups in total. The van der Waals surface area contributed by atoms with Crippen LogP contribution in [0.5, 0.6) is 0 Å². The van der Waals surface area contributed by atoms with Crippen LogP contribution in [0.25, 0.3) is 6.08 Å². The Labute approximate surface area is 83.9 Å². The van der Waals surface area contributed by atoms with Crippen LogP contribution in [0, 0.1) is 0 Å². The van der Waals surface area contributed by atoms with Gasteiger partial charge in [-0.25, -0.2) is 4.79 Å². The predicted molar refractivity (Wildman–Crippen MR) is 57.1 cm³/mol. The van der Waals surface area contributed by atoms with Crippen LogP contribution in [0.15, 0.2) is 29.8 Å². The minimum absolute atomic E-state index is 0.356. The van der Waals surface area contributed by atoms with E-state index >= 15 is 0 Å². The molecule has 74 valence electrons. The molecule has 0 saturated carbocycles. The van der Waals surface area contributed by atoms with Gasteiger partial charge in [0.05, 0.1) is 0 Å². The molecule has 2 heteroatoms. The molecule has 0 aliphatic heterocycles. The highest BCUT2D eigenvalue weighted by atomic mass is 16.4. The third-order valence-electron chi connectivity index (χ3n) is 2.11. The standard InChI is InChI=1S/C12H14O2/c1-3-10-4-6-11(7-5-10)8-9(2)12(13)14/h4-8H,3H2,1-2H3,(H,13,14)/b9-8+. The van der Waals surface area contributed by atoms with E-state index < -0.39 is 5.97 Å². The van der Waals surface area contributed by atoms with Crippen LogP contribution < -0.4 is 0 Å². The van der Waals surface area contributed by atoms with Crippen molar-refractivity contribution in [2.45, 2.75) is 20.3 Å². The van der Waals surface area contributed by atoms with Gasteiger partial charge in [0.15, 0.2) is 0 Å². The molecule has 0 aromatic heterocycles. The zero-order valence-electron chi connectivity index (χ0n) is 8.45. The number of benzene rings is 1. The summed E-state index contributed by atoms with van der Waals surface area (Å²) in [6.07, 6.45) is 2.67. The normalized spacial score (nSPS) is 11.4. The summed E-state index contributed by atoms with van der Waals surface area (Å²) >= 11 is 0. The summed E-state index contributed by atoms with van der Waals surface area (Å²) in [5, 5.41) is 8.68. The Morgan fingerprint density at radius 3 is 2.36 bits per heavy atom. The van der Waals surface area contributed by atoms with E-state index in [4.69, 9.17) is 5.11 Å². The minimum Gasteiger partial charge on any atom is -0.478 e. The van der Waals surface area contributed by atoms with Crippen LogP contribution in [0.3, 0.4) is 0 Å². The Hall–Kier alpha value is -1.57. The fourth-order valence-corrected chi connectivity index (χ4v) is 1.16. The van der Waals surface area contributed by atoms with Gasteiger partial charge in [-0.05, 0) is 30.5 Å². The molecule has 0 radical (unpaired) electrons.